The van der Waals surface area contributed by atoms with Crippen LogP contribution in [0.4, 0.5) is 4.79 Å². The van der Waals surface area contributed by atoms with Crippen molar-refractivity contribution in [2.75, 3.05) is 13.6 Å². The highest BCUT2D eigenvalue weighted by atomic mass is 16.2. The summed E-state index contributed by atoms with van der Waals surface area (Å²) < 4.78 is 0. The summed E-state index contributed by atoms with van der Waals surface area (Å²) in [6.07, 6.45) is 0.394. The molecule has 1 aliphatic rings. The van der Waals surface area contributed by atoms with E-state index in [2.05, 4.69) is 10.6 Å². The zero-order valence-electron chi connectivity index (χ0n) is 9.76. The first-order chi connectivity index (χ1) is 6.84. The van der Waals surface area contributed by atoms with Crippen molar-refractivity contribution in [2.24, 2.45) is 0 Å². The normalized spacial score (nSPS) is 21.7. The van der Waals surface area contributed by atoms with Crippen LogP contribution < -0.4 is 10.6 Å². The van der Waals surface area contributed by atoms with Gasteiger partial charge in [0.2, 0.25) is 5.91 Å². The third kappa shape index (κ3) is 2.84. The zero-order chi connectivity index (χ0) is 11.6. The molecule has 0 aromatic carbocycles. The van der Waals surface area contributed by atoms with Crippen LogP contribution in [0.3, 0.4) is 0 Å². The minimum atomic E-state index is -0.233. The van der Waals surface area contributed by atoms with Gasteiger partial charge in [-0.3, -0.25) is 4.79 Å². The summed E-state index contributed by atoms with van der Waals surface area (Å²) in [5.74, 6) is 0.101. The Kier molecular flexibility index (Phi) is 3.21. The van der Waals surface area contributed by atoms with E-state index in [9.17, 15) is 9.59 Å². The lowest BCUT2D eigenvalue weighted by molar-refractivity contribution is -0.131. The molecule has 0 aromatic rings. The number of carbonyl (C=O) groups is 2. The highest BCUT2D eigenvalue weighted by Gasteiger charge is 2.36. The summed E-state index contributed by atoms with van der Waals surface area (Å²) in [5.41, 5.74) is -0.170. The number of urea groups is 1. The molecule has 1 fully saturated rings. The van der Waals surface area contributed by atoms with E-state index in [1.54, 1.807) is 11.9 Å². The first-order valence-corrected chi connectivity index (χ1v) is 5.13. The molecule has 0 aliphatic carbocycles. The van der Waals surface area contributed by atoms with Gasteiger partial charge in [-0.2, -0.15) is 0 Å². The molecule has 1 saturated heterocycles. The van der Waals surface area contributed by atoms with Gasteiger partial charge in [0, 0.05) is 25.6 Å². The minimum absolute atomic E-state index is 0.0725. The molecular formula is C10H19N3O2. The summed E-state index contributed by atoms with van der Waals surface area (Å²) >= 11 is 0. The van der Waals surface area contributed by atoms with Crippen LogP contribution in [0.2, 0.25) is 0 Å². The van der Waals surface area contributed by atoms with Crippen LogP contribution in [0.1, 0.15) is 27.2 Å². The fraction of sp³-hybridized carbons (Fsp3) is 0.800. The Morgan fingerprint density at radius 1 is 1.47 bits per heavy atom. The zero-order valence-corrected chi connectivity index (χ0v) is 9.76. The van der Waals surface area contributed by atoms with Gasteiger partial charge >= 0.3 is 6.03 Å². The number of hydrogen-bond donors (Lipinski definition) is 2. The Hall–Kier alpha value is -1.26. The van der Waals surface area contributed by atoms with Crippen LogP contribution in [0, 0.1) is 0 Å². The Bertz CT molecular complexity index is 270. The molecular weight excluding hydrogens is 194 g/mol. The molecule has 0 bridgehead atoms. The maximum Gasteiger partial charge on any atom is 0.314 e. The second kappa shape index (κ2) is 4.08. The van der Waals surface area contributed by atoms with Gasteiger partial charge in [-0.05, 0) is 20.8 Å². The SMILES string of the molecule is CNC(=O)NC1CC(=O)N(C(C)(C)C)C1. The predicted octanol–water partition coefficient (Wildman–Crippen LogP) is 0.315. The van der Waals surface area contributed by atoms with E-state index < -0.39 is 0 Å². The average Bonchev–Trinajstić information content (AvgIpc) is 2.45. The number of rotatable bonds is 1. The Morgan fingerprint density at radius 3 is 2.47 bits per heavy atom. The fourth-order valence-electron chi connectivity index (χ4n) is 1.71. The van der Waals surface area contributed by atoms with Crippen molar-refractivity contribution in [3.63, 3.8) is 0 Å². The fourth-order valence-corrected chi connectivity index (χ4v) is 1.71. The Balaban J connectivity index is 2.56. The van der Waals surface area contributed by atoms with Crippen LogP contribution in [0.15, 0.2) is 0 Å². The molecule has 0 saturated carbocycles. The molecule has 5 heteroatoms. The van der Waals surface area contributed by atoms with Crippen LogP contribution in [0.25, 0.3) is 0 Å². The first kappa shape index (κ1) is 11.8. The minimum Gasteiger partial charge on any atom is -0.341 e. The van der Waals surface area contributed by atoms with Crippen molar-refractivity contribution >= 4 is 11.9 Å². The third-order valence-electron chi connectivity index (χ3n) is 2.50. The van der Waals surface area contributed by atoms with Crippen LogP contribution in [-0.2, 0) is 4.79 Å². The quantitative estimate of drug-likeness (QED) is 0.658. The molecule has 86 valence electrons. The van der Waals surface area contributed by atoms with Crippen LogP contribution in [-0.4, -0.2) is 42.0 Å². The van der Waals surface area contributed by atoms with Gasteiger partial charge in [0.15, 0.2) is 0 Å². The van der Waals surface area contributed by atoms with Crippen molar-refractivity contribution in [1.29, 1.82) is 0 Å². The summed E-state index contributed by atoms with van der Waals surface area (Å²) in [4.78, 5) is 24.5. The van der Waals surface area contributed by atoms with Crippen LogP contribution in [0.5, 0.6) is 0 Å². The maximum absolute atomic E-state index is 11.7. The second-order valence-electron chi connectivity index (χ2n) is 4.80. The molecule has 5 nitrogen and oxygen atoms in total. The summed E-state index contributed by atoms with van der Waals surface area (Å²) in [6, 6.07) is -0.305. The molecule has 1 rings (SSSR count). The predicted molar refractivity (Wildman–Crippen MR) is 57.5 cm³/mol. The van der Waals surface area contributed by atoms with Gasteiger partial charge in [-0.1, -0.05) is 0 Å². The number of likely N-dealkylation sites (tertiary alicyclic amines) is 1. The number of hydrogen-bond acceptors (Lipinski definition) is 2. The molecule has 15 heavy (non-hydrogen) atoms. The summed E-state index contributed by atoms with van der Waals surface area (Å²) in [5, 5.41) is 5.23. The summed E-state index contributed by atoms with van der Waals surface area (Å²) in [6.45, 7) is 6.57. The van der Waals surface area contributed by atoms with E-state index in [1.807, 2.05) is 20.8 Å². The molecule has 1 aliphatic heterocycles. The van der Waals surface area contributed by atoms with Gasteiger partial charge in [0.1, 0.15) is 0 Å². The Morgan fingerprint density at radius 2 is 2.07 bits per heavy atom. The van der Waals surface area contributed by atoms with Crippen molar-refractivity contribution in [1.82, 2.24) is 15.5 Å². The highest BCUT2D eigenvalue weighted by Crippen LogP contribution is 2.21. The maximum atomic E-state index is 11.7. The standard InChI is InChI=1S/C10H19N3O2/c1-10(2,3)13-6-7(5-8(13)14)12-9(15)11-4/h7H,5-6H2,1-4H3,(H2,11,12,15). The Labute approximate surface area is 90.2 Å². The van der Waals surface area contributed by atoms with E-state index in [-0.39, 0.29) is 23.5 Å². The molecule has 3 amide bonds. The van der Waals surface area contributed by atoms with E-state index in [1.165, 1.54) is 0 Å². The van der Waals surface area contributed by atoms with E-state index in [4.69, 9.17) is 0 Å². The molecule has 1 heterocycles. The number of amides is 3. The van der Waals surface area contributed by atoms with Gasteiger partial charge in [0.25, 0.3) is 0 Å². The van der Waals surface area contributed by atoms with E-state index in [0.717, 1.165) is 0 Å². The highest BCUT2D eigenvalue weighted by molar-refractivity contribution is 5.82. The monoisotopic (exact) mass is 213 g/mol. The van der Waals surface area contributed by atoms with Gasteiger partial charge < -0.3 is 15.5 Å². The van der Waals surface area contributed by atoms with Crippen molar-refractivity contribution < 1.29 is 9.59 Å². The molecule has 0 spiro atoms. The molecule has 2 N–H and O–H groups in total. The van der Waals surface area contributed by atoms with Crippen molar-refractivity contribution in [3.8, 4) is 0 Å². The van der Waals surface area contributed by atoms with Crippen LogP contribution >= 0.6 is 0 Å². The molecule has 1 atom stereocenters. The topological polar surface area (TPSA) is 61.4 Å². The number of carbonyl (C=O) groups excluding carboxylic acids is 2. The second-order valence-corrected chi connectivity index (χ2v) is 4.80. The van der Waals surface area contributed by atoms with Crippen molar-refractivity contribution in [2.45, 2.75) is 38.8 Å². The largest absolute Gasteiger partial charge is 0.341 e. The van der Waals surface area contributed by atoms with Gasteiger partial charge in [-0.25, -0.2) is 4.79 Å². The average molecular weight is 213 g/mol. The lowest BCUT2D eigenvalue weighted by atomic mass is 10.1. The lowest BCUT2D eigenvalue weighted by Crippen LogP contribution is -2.46. The van der Waals surface area contributed by atoms with Gasteiger partial charge in [-0.15, -0.1) is 0 Å². The summed E-state index contributed by atoms with van der Waals surface area (Å²) in [7, 11) is 1.56. The first-order valence-electron chi connectivity index (χ1n) is 5.13. The molecule has 0 aromatic heterocycles. The van der Waals surface area contributed by atoms with Crippen molar-refractivity contribution in [3.05, 3.63) is 0 Å². The lowest BCUT2D eigenvalue weighted by Gasteiger charge is -2.32. The van der Waals surface area contributed by atoms with E-state index in [0.29, 0.717) is 13.0 Å². The third-order valence-corrected chi connectivity index (χ3v) is 2.50. The van der Waals surface area contributed by atoms with Gasteiger partial charge in [0.05, 0.1) is 6.04 Å². The smallest absolute Gasteiger partial charge is 0.314 e. The number of nitrogens with zero attached hydrogens (tertiary/aromatic N) is 1. The molecule has 0 radical (unpaired) electrons. The number of nitrogens with one attached hydrogen (secondary N) is 2. The van der Waals surface area contributed by atoms with E-state index >= 15 is 0 Å². The molecule has 1 unspecified atom stereocenters.